The molecule has 1 fully saturated rings. The van der Waals surface area contributed by atoms with Gasteiger partial charge in [-0.15, -0.1) is 0 Å². The van der Waals surface area contributed by atoms with Crippen LogP contribution in [-0.4, -0.2) is 30.3 Å². The Morgan fingerprint density at radius 3 is 2.74 bits per heavy atom. The van der Waals surface area contributed by atoms with E-state index in [9.17, 15) is 0 Å². The maximum atomic E-state index is 5.63. The summed E-state index contributed by atoms with van der Waals surface area (Å²) < 4.78 is 11.0. The molecule has 4 nitrogen and oxygen atoms in total. The molecule has 0 unspecified atom stereocenters. The normalized spacial score (nSPS) is 15.5. The predicted octanol–water partition coefficient (Wildman–Crippen LogP) is 2.53. The van der Waals surface area contributed by atoms with Crippen molar-refractivity contribution in [2.75, 3.05) is 13.7 Å². The standard InChI is InChI=1S/C15H24N2O2/c1-15(2,18-3)8-9-19-14-7-4-12(11-17-14)10-16-13-5-6-13/h4,7,11,13,16H,5-6,8-10H2,1-3H3. The van der Waals surface area contributed by atoms with Crippen LogP contribution < -0.4 is 10.1 Å². The molecule has 2 rings (SSSR count). The molecular weight excluding hydrogens is 240 g/mol. The smallest absolute Gasteiger partial charge is 0.213 e. The van der Waals surface area contributed by atoms with Gasteiger partial charge in [-0.2, -0.15) is 0 Å². The summed E-state index contributed by atoms with van der Waals surface area (Å²) >= 11 is 0. The van der Waals surface area contributed by atoms with Gasteiger partial charge >= 0.3 is 0 Å². The second-order valence-corrected chi connectivity index (χ2v) is 5.72. The van der Waals surface area contributed by atoms with E-state index in [0.29, 0.717) is 12.5 Å². The largest absolute Gasteiger partial charge is 0.478 e. The summed E-state index contributed by atoms with van der Waals surface area (Å²) in [5.74, 6) is 0.682. The van der Waals surface area contributed by atoms with Crippen molar-refractivity contribution < 1.29 is 9.47 Å². The highest BCUT2D eigenvalue weighted by atomic mass is 16.5. The van der Waals surface area contributed by atoms with E-state index in [1.807, 2.05) is 12.3 Å². The Hall–Kier alpha value is -1.13. The molecule has 1 aromatic heterocycles. The first-order valence-corrected chi connectivity index (χ1v) is 6.95. The Balaban J connectivity index is 1.71. The minimum Gasteiger partial charge on any atom is -0.478 e. The van der Waals surface area contributed by atoms with Crippen molar-refractivity contribution in [3.63, 3.8) is 0 Å². The quantitative estimate of drug-likeness (QED) is 0.783. The number of ether oxygens (including phenoxy) is 2. The van der Waals surface area contributed by atoms with Crippen molar-refractivity contribution in [3.8, 4) is 5.88 Å². The summed E-state index contributed by atoms with van der Waals surface area (Å²) in [4.78, 5) is 4.32. The first-order chi connectivity index (χ1) is 9.09. The van der Waals surface area contributed by atoms with Gasteiger partial charge in [0, 0.05) is 38.4 Å². The lowest BCUT2D eigenvalue weighted by Gasteiger charge is -2.22. The molecule has 0 aromatic carbocycles. The lowest BCUT2D eigenvalue weighted by Crippen LogP contribution is -2.25. The third-order valence-electron chi connectivity index (χ3n) is 3.48. The molecule has 1 saturated carbocycles. The van der Waals surface area contributed by atoms with E-state index >= 15 is 0 Å². The molecule has 0 spiro atoms. The van der Waals surface area contributed by atoms with Gasteiger partial charge in [0.25, 0.3) is 0 Å². The van der Waals surface area contributed by atoms with E-state index in [1.54, 1.807) is 7.11 Å². The van der Waals surface area contributed by atoms with Gasteiger partial charge in [0.1, 0.15) is 0 Å². The first kappa shape index (κ1) is 14.3. The summed E-state index contributed by atoms with van der Waals surface area (Å²) in [5.41, 5.74) is 1.06. The number of pyridine rings is 1. The SMILES string of the molecule is COC(C)(C)CCOc1ccc(CNC2CC2)cn1. The highest BCUT2D eigenvalue weighted by molar-refractivity contribution is 5.17. The fourth-order valence-corrected chi connectivity index (χ4v) is 1.65. The van der Waals surface area contributed by atoms with Crippen LogP contribution in [0.4, 0.5) is 0 Å². The summed E-state index contributed by atoms with van der Waals surface area (Å²) in [6.45, 7) is 5.62. The van der Waals surface area contributed by atoms with E-state index in [0.717, 1.165) is 19.0 Å². The number of aromatic nitrogens is 1. The van der Waals surface area contributed by atoms with E-state index in [2.05, 4.69) is 30.2 Å². The fourth-order valence-electron chi connectivity index (χ4n) is 1.65. The fraction of sp³-hybridized carbons (Fsp3) is 0.667. The van der Waals surface area contributed by atoms with Crippen molar-refractivity contribution in [1.29, 1.82) is 0 Å². The van der Waals surface area contributed by atoms with Gasteiger partial charge in [0.15, 0.2) is 0 Å². The van der Waals surface area contributed by atoms with Crippen molar-refractivity contribution in [2.45, 2.75) is 51.3 Å². The van der Waals surface area contributed by atoms with Crippen LogP contribution in [0.2, 0.25) is 0 Å². The van der Waals surface area contributed by atoms with Gasteiger partial charge in [-0.3, -0.25) is 0 Å². The second-order valence-electron chi connectivity index (χ2n) is 5.72. The Morgan fingerprint density at radius 2 is 2.16 bits per heavy atom. The summed E-state index contributed by atoms with van der Waals surface area (Å²) in [6.07, 6.45) is 5.34. The molecule has 0 amide bonds. The minimum atomic E-state index is -0.145. The number of nitrogens with zero attached hydrogens (tertiary/aromatic N) is 1. The lowest BCUT2D eigenvalue weighted by molar-refractivity contribution is 0.00508. The topological polar surface area (TPSA) is 43.4 Å². The van der Waals surface area contributed by atoms with Gasteiger partial charge in [-0.05, 0) is 32.3 Å². The molecular formula is C15H24N2O2. The second kappa shape index (κ2) is 6.35. The summed E-state index contributed by atoms with van der Waals surface area (Å²) in [7, 11) is 1.72. The van der Waals surface area contributed by atoms with E-state index in [-0.39, 0.29) is 5.60 Å². The van der Waals surface area contributed by atoms with Gasteiger partial charge in [-0.25, -0.2) is 4.98 Å². The minimum absolute atomic E-state index is 0.145. The van der Waals surface area contributed by atoms with E-state index in [4.69, 9.17) is 9.47 Å². The van der Waals surface area contributed by atoms with Gasteiger partial charge in [-0.1, -0.05) is 6.07 Å². The zero-order valence-electron chi connectivity index (χ0n) is 12.1. The molecule has 4 heteroatoms. The zero-order chi connectivity index (χ0) is 13.7. The summed E-state index contributed by atoms with van der Waals surface area (Å²) in [5, 5.41) is 3.47. The van der Waals surface area contributed by atoms with Crippen LogP contribution in [0.5, 0.6) is 5.88 Å². The zero-order valence-corrected chi connectivity index (χ0v) is 12.1. The molecule has 1 aliphatic rings. The Morgan fingerprint density at radius 1 is 1.37 bits per heavy atom. The molecule has 1 N–H and O–H groups in total. The number of hydrogen-bond acceptors (Lipinski definition) is 4. The van der Waals surface area contributed by atoms with Crippen molar-refractivity contribution in [2.24, 2.45) is 0 Å². The van der Waals surface area contributed by atoms with Crippen LogP contribution in [0.1, 0.15) is 38.7 Å². The third kappa shape index (κ3) is 5.17. The highest BCUT2D eigenvalue weighted by Gasteiger charge is 2.20. The monoisotopic (exact) mass is 264 g/mol. The van der Waals surface area contributed by atoms with Crippen LogP contribution in [0.3, 0.4) is 0 Å². The molecule has 1 heterocycles. The molecule has 1 aromatic rings. The highest BCUT2D eigenvalue weighted by Crippen LogP contribution is 2.19. The van der Waals surface area contributed by atoms with Crippen LogP contribution in [0.15, 0.2) is 18.3 Å². The van der Waals surface area contributed by atoms with Crippen LogP contribution >= 0.6 is 0 Å². The maximum Gasteiger partial charge on any atom is 0.213 e. The van der Waals surface area contributed by atoms with Crippen LogP contribution in [0.25, 0.3) is 0 Å². The Kier molecular flexibility index (Phi) is 4.77. The number of nitrogens with one attached hydrogen (secondary N) is 1. The van der Waals surface area contributed by atoms with Gasteiger partial charge in [0.05, 0.1) is 12.2 Å². The Bertz CT molecular complexity index is 386. The van der Waals surface area contributed by atoms with Crippen LogP contribution in [0, 0.1) is 0 Å². The van der Waals surface area contributed by atoms with Gasteiger partial charge < -0.3 is 14.8 Å². The van der Waals surface area contributed by atoms with E-state index in [1.165, 1.54) is 18.4 Å². The van der Waals surface area contributed by atoms with Crippen LogP contribution in [-0.2, 0) is 11.3 Å². The Labute approximate surface area is 115 Å². The molecule has 19 heavy (non-hydrogen) atoms. The average molecular weight is 264 g/mol. The molecule has 0 bridgehead atoms. The molecule has 0 atom stereocenters. The number of rotatable bonds is 8. The molecule has 0 saturated heterocycles. The molecule has 0 radical (unpaired) electrons. The summed E-state index contributed by atoms with van der Waals surface area (Å²) in [6, 6.07) is 4.73. The van der Waals surface area contributed by atoms with Crippen molar-refractivity contribution >= 4 is 0 Å². The first-order valence-electron chi connectivity index (χ1n) is 6.95. The molecule has 1 aliphatic carbocycles. The molecule has 0 aliphatic heterocycles. The number of hydrogen-bond donors (Lipinski definition) is 1. The predicted molar refractivity (Wildman–Crippen MR) is 75.3 cm³/mol. The van der Waals surface area contributed by atoms with E-state index < -0.39 is 0 Å². The van der Waals surface area contributed by atoms with Crippen molar-refractivity contribution in [3.05, 3.63) is 23.9 Å². The van der Waals surface area contributed by atoms with Crippen molar-refractivity contribution in [1.82, 2.24) is 10.3 Å². The lowest BCUT2D eigenvalue weighted by atomic mass is 10.1. The average Bonchev–Trinajstić information content (AvgIpc) is 3.22. The maximum absolute atomic E-state index is 5.63. The van der Waals surface area contributed by atoms with Gasteiger partial charge in [0.2, 0.25) is 5.88 Å². The number of methoxy groups -OCH3 is 1. The molecule has 106 valence electrons. The third-order valence-corrected chi connectivity index (χ3v) is 3.48.